The van der Waals surface area contributed by atoms with E-state index in [2.05, 4.69) is 9.82 Å². The Labute approximate surface area is 158 Å². The van der Waals surface area contributed by atoms with Gasteiger partial charge in [-0.25, -0.2) is 8.42 Å². The average Bonchev–Trinajstić information content (AvgIpc) is 2.87. The largest absolute Gasteiger partial charge is 0.263 e. The van der Waals surface area contributed by atoms with Gasteiger partial charge in [0.2, 0.25) is 0 Å². The van der Waals surface area contributed by atoms with Crippen molar-refractivity contribution in [1.82, 2.24) is 9.78 Å². The molecule has 3 rings (SSSR count). The Morgan fingerprint density at radius 1 is 1.04 bits per heavy atom. The van der Waals surface area contributed by atoms with Gasteiger partial charge in [-0.15, -0.1) is 0 Å². The van der Waals surface area contributed by atoms with Gasteiger partial charge < -0.3 is 0 Å². The highest BCUT2D eigenvalue weighted by molar-refractivity contribution is 7.92. The zero-order valence-corrected chi connectivity index (χ0v) is 16.4. The molecule has 0 aliphatic carbocycles. The summed E-state index contributed by atoms with van der Waals surface area (Å²) in [6, 6.07) is 14.4. The van der Waals surface area contributed by atoms with Gasteiger partial charge in [-0.2, -0.15) is 5.10 Å². The van der Waals surface area contributed by atoms with Crippen LogP contribution in [0.5, 0.6) is 0 Å². The SMILES string of the molecule is Cc1ccc(S(=O)(=O)Nc2cc(C)n(Cc3ccc(Cl)cc3)n2)c(C)c1. The number of benzene rings is 2. The summed E-state index contributed by atoms with van der Waals surface area (Å²) in [4.78, 5) is 0.257. The van der Waals surface area contributed by atoms with Crippen LogP contribution in [0.2, 0.25) is 5.02 Å². The Hall–Kier alpha value is -2.31. The number of hydrogen-bond acceptors (Lipinski definition) is 3. The zero-order valence-electron chi connectivity index (χ0n) is 14.8. The van der Waals surface area contributed by atoms with E-state index in [1.54, 1.807) is 29.8 Å². The van der Waals surface area contributed by atoms with Crippen LogP contribution in [0.15, 0.2) is 53.4 Å². The molecule has 1 heterocycles. The third-order valence-electron chi connectivity index (χ3n) is 4.09. The molecule has 0 spiro atoms. The second kappa shape index (κ2) is 7.13. The number of rotatable bonds is 5. The van der Waals surface area contributed by atoms with Crippen molar-refractivity contribution in [2.45, 2.75) is 32.2 Å². The van der Waals surface area contributed by atoms with Crippen molar-refractivity contribution in [1.29, 1.82) is 0 Å². The summed E-state index contributed by atoms with van der Waals surface area (Å²) in [5, 5.41) is 5.05. The molecule has 0 aliphatic rings. The molecule has 0 amide bonds. The molecule has 0 saturated carbocycles. The Morgan fingerprint density at radius 3 is 2.38 bits per heavy atom. The maximum Gasteiger partial charge on any atom is 0.263 e. The fraction of sp³-hybridized carbons (Fsp3) is 0.211. The van der Waals surface area contributed by atoms with Crippen molar-refractivity contribution in [3.05, 3.63) is 75.9 Å². The van der Waals surface area contributed by atoms with Gasteiger partial charge >= 0.3 is 0 Å². The maximum absolute atomic E-state index is 12.7. The van der Waals surface area contributed by atoms with E-state index in [1.807, 2.05) is 44.2 Å². The Bertz CT molecular complexity index is 1040. The molecule has 136 valence electrons. The van der Waals surface area contributed by atoms with Crippen molar-refractivity contribution >= 4 is 27.4 Å². The van der Waals surface area contributed by atoms with Crippen LogP contribution in [-0.2, 0) is 16.6 Å². The summed E-state index contributed by atoms with van der Waals surface area (Å²) in [6.45, 7) is 6.14. The highest BCUT2D eigenvalue weighted by atomic mass is 35.5. The normalized spacial score (nSPS) is 11.5. The summed E-state index contributed by atoms with van der Waals surface area (Å²) in [7, 11) is -3.69. The first-order valence-electron chi connectivity index (χ1n) is 8.13. The van der Waals surface area contributed by atoms with E-state index in [4.69, 9.17) is 11.6 Å². The molecule has 5 nitrogen and oxygen atoms in total. The Balaban J connectivity index is 1.83. The monoisotopic (exact) mass is 389 g/mol. The standard InChI is InChI=1S/C19H20ClN3O2S/c1-13-4-9-18(14(2)10-13)26(24,25)22-19-11-15(3)23(21-19)12-16-5-7-17(20)8-6-16/h4-11H,12H2,1-3H3,(H,21,22). The lowest BCUT2D eigenvalue weighted by molar-refractivity contribution is 0.600. The van der Waals surface area contributed by atoms with Crippen molar-refractivity contribution < 1.29 is 8.42 Å². The summed E-state index contributed by atoms with van der Waals surface area (Å²) in [6.07, 6.45) is 0. The van der Waals surface area contributed by atoms with E-state index < -0.39 is 10.0 Å². The van der Waals surface area contributed by atoms with Gasteiger partial charge in [0.25, 0.3) is 10.0 Å². The molecule has 1 N–H and O–H groups in total. The number of anilines is 1. The first kappa shape index (κ1) is 18.5. The fourth-order valence-electron chi connectivity index (χ4n) is 2.78. The van der Waals surface area contributed by atoms with Crippen LogP contribution >= 0.6 is 11.6 Å². The minimum Gasteiger partial charge on any atom is -0.263 e. The van der Waals surface area contributed by atoms with Gasteiger partial charge in [-0.1, -0.05) is 41.4 Å². The molecule has 1 aromatic heterocycles. The lowest BCUT2D eigenvalue weighted by atomic mass is 10.2. The van der Waals surface area contributed by atoms with E-state index >= 15 is 0 Å². The predicted octanol–water partition coefficient (Wildman–Crippen LogP) is 4.31. The first-order chi connectivity index (χ1) is 12.2. The summed E-state index contributed by atoms with van der Waals surface area (Å²) in [5.41, 5.74) is 3.61. The second-order valence-electron chi connectivity index (χ2n) is 6.33. The number of sulfonamides is 1. The second-order valence-corrected chi connectivity index (χ2v) is 8.42. The molecule has 0 aliphatic heterocycles. The summed E-state index contributed by atoms with van der Waals surface area (Å²) < 4.78 is 29.7. The molecule has 26 heavy (non-hydrogen) atoms. The summed E-state index contributed by atoms with van der Waals surface area (Å²) >= 11 is 5.90. The molecule has 7 heteroatoms. The fourth-order valence-corrected chi connectivity index (χ4v) is 4.12. The van der Waals surface area contributed by atoms with Crippen LogP contribution in [0.4, 0.5) is 5.82 Å². The average molecular weight is 390 g/mol. The minimum atomic E-state index is -3.69. The topological polar surface area (TPSA) is 64.0 Å². The van der Waals surface area contributed by atoms with E-state index in [1.165, 1.54) is 0 Å². The van der Waals surface area contributed by atoms with Crippen LogP contribution in [0.3, 0.4) is 0 Å². The number of aromatic nitrogens is 2. The van der Waals surface area contributed by atoms with Crippen molar-refractivity contribution in [3.8, 4) is 0 Å². The van der Waals surface area contributed by atoms with E-state index in [-0.39, 0.29) is 4.90 Å². The van der Waals surface area contributed by atoms with Crippen molar-refractivity contribution in [2.24, 2.45) is 0 Å². The van der Waals surface area contributed by atoms with Gasteiger partial charge in [-0.05, 0) is 50.1 Å². The predicted molar refractivity (Wildman–Crippen MR) is 104 cm³/mol. The molecule has 0 saturated heterocycles. The highest BCUT2D eigenvalue weighted by Gasteiger charge is 2.18. The van der Waals surface area contributed by atoms with Gasteiger partial charge in [0.05, 0.1) is 11.4 Å². The van der Waals surface area contributed by atoms with Crippen LogP contribution < -0.4 is 4.72 Å². The molecule has 0 bridgehead atoms. The molecule has 2 aromatic carbocycles. The van der Waals surface area contributed by atoms with E-state index in [9.17, 15) is 8.42 Å². The first-order valence-corrected chi connectivity index (χ1v) is 10.00. The minimum absolute atomic E-state index is 0.257. The Morgan fingerprint density at radius 2 is 1.73 bits per heavy atom. The quantitative estimate of drug-likeness (QED) is 0.707. The Kier molecular flexibility index (Phi) is 5.07. The summed E-state index contributed by atoms with van der Waals surface area (Å²) in [5.74, 6) is 0.302. The number of halogens is 1. The number of aryl methyl sites for hydroxylation is 3. The van der Waals surface area contributed by atoms with Crippen LogP contribution in [-0.4, -0.2) is 18.2 Å². The van der Waals surface area contributed by atoms with Gasteiger partial charge in [-0.3, -0.25) is 9.40 Å². The van der Waals surface area contributed by atoms with Crippen LogP contribution in [0.1, 0.15) is 22.4 Å². The lowest BCUT2D eigenvalue weighted by Gasteiger charge is -2.09. The number of nitrogens with one attached hydrogen (secondary N) is 1. The number of nitrogens with zero attached hydrogens (tertiary/aromatic N) is 2. The third kappa shape index (κ3) is 4.08. The van der Waals surface area contributed by atoms with Gasteiger partial charge in [0.1, 0.15) is 0 Å². The zero-order chi connectivity index (χ0) is 18.9. The molecular weight excluding hydrogens is 370 g/mol. The number of hydrogen-bond donors (Lipinski definition) is 1. The van der Waals surface area contributed by atoms with Crippen LogP contribution in [0.25, 0.3) is 0 Å². The molecule has 0 fully saturated rings. The molecule has 0 radical (unpaired) electrons. The lowest BCUT2D eigenvalue weighted by Crippen LogP contribution is -2.15. The van der Waals surface area contributed by atoms with Crippen LogP contribution in [0, 0.1) is 20.8 Å². The highest BCUT2D eigenvalue weighted by Crippen LogP contribution is 2.21. The third-order valence-corrected chi connectivity index (χ3v) is 5.85. The van der Waals surface area contributed by atoms with Crippen molar-refractivity contribution in [3.63, 3.8) is 0 Å². The van der Waals surface area contributed by atoms with E-state index in [0.29, 0.717) is 22.9 Å². The van der Waals surface area contributed by atoms with Gasteiger partial charge in [0.15, 0.2) is 5.82 Å². The smallest absolute Gasteiger partial charge is 0.263 e. The molecular formula is C19H20ClN3O2S. The molecule has 0 atom stereocenters. The molecule has 3 aromatic rings. The molecule has 0 unspecified atom stereocenters. The van der Waals surface area contributed by atoms with Crippen molar-refractivity contribution in [2.75, 3.05) is 4.72 Å². The van der Waals surface area contributed by atoms with E-state index in [0.717, 1.165) is 16.8 Å². The maximum atomic E-state index is 12.7. The van der Waals surface area contributed by atoms with Gasteiger partial charge in [0, 0.05) is 16.8 Å².